The molecule has 102 valence electrons. The Balaban J connectivity index is 2.12. The van der Waals surface area contributed by atoms with Crippen LogP contribution in [0.5, 0.6) is 0 Å². The van der Waals surface area contributed by atoms with Crippen LogP contribution in [0.15, 0.2) is 35.7 Å². The van der Waals surface area contributed by atoms with Gasteiger partial charge >= 0.3 is 0 Å². The van der Waals surface area contributed by atoms with Gasteiger partial charge in [0.1, 0.15) is 11.1 Å². The van der Waals surface area contributed by atoms with E-state index in [-0.39, 0.29) is 6.10 Å². The lowest BCUT2D eigenvalue weighted by Crippen LogP contribution is -2.22. The fraction of sp³-hybridized carbons (Fsp3) is 0.400. The molecule has 0 aliphatic carbocycles. The molecule has 1 heterocycles. The van der Waals surface area contributed by atoms with E-state index in [1.165, 1.54) is 0 Å². The van der Waals surface area contributed by atoms with Gasteiger partial charge in [0.05, 0.1) is 5.69 Å². The van der Waals surface area contributed by atoms with E-state index in [0.29, 0.717) is 6.04 Å². The SMILES string of the molecule is COC(c1ccccc1)c1nc(CNC(C)C)cs1. The van der Waals surface area contributed by atoms with E-state index in [9.17, 15) is 0 Å². The summed E-state index contributed by atoms with van der Waals surface area (Å²) in [7, 11) is 1.73. The molecule has 19 heavy (non-hydrogen) atoms. The van der Waals surface area contributed by atoms with Crippen molar-refractivity contribution in [1.29, 1.82) is 0 Å². The number of hydrogen-bond acceptors (Lipinski definition) is 4. The van der Waals surface area contributed by atoms with Crippen LogP contribution < -0.4 is 5.32 Å². The van der Waals surface area contributed by atoms with E-state index >= 15 is 0 Å². The van der Waals surface area contributed by atoms with E-state index in [1.54, 1.807) is 18.4 Å². The average molecular weight is 276 g/mol. The zero-order valence-corrected chi connectivity index (χ0v) is 12.4. The highest BCUT2D eigenvalue weighted by Crippen LogP contribution is 2.27. The van der Waals surface area contributed by atoms with Gasteiger partial charge in [0, 0.05) is 25.1 Å². The van der Waals surface area contributed by atoms with Gasteiger partial charge in [0.25, 0.3) is 0 Å². The molecule has 1 N–H and O–H groups in total. The molecule has 0 saturated heterocycles. The summed E-state index contributed by atoms with van der Waals surface area (Å²) in [5, 5.41) is 6.48. The first kappa shape index (κ1) is 14.2. The first-order valence-electron chi connectivity index (χ1n) is 6.46. The molecule has 4 heteroatoms. The summed E-state index contributed by atoms with van der Waals surface area (Å²) in [5.41, 5.74) is 2.22. The summed E-state index contributed by atoms with van der Waals surface area (Å²) >= 11 is 1.65. The second-order valence-corrected chi connectivity index (χ2v) is 5.63. The Morgan fingerprint density at radius 2 is 2.00 bits per heavy atom. The number of rotatable bonds is 6. The van der Waals surface area contributed by atoms with Gasteiger partial charge < -0.3 is 10.1 Å². The monoisotopic (exact) mass is 276 g/mol. The molecule has 1 aromatic carbocycles. The lowest BCUT2D eigenvalue weighted by molar-refractivity contribution is 0.136. The average Bonchev–Trinajstić information content (AvgIpc) is 2.87. The number of benzene rings is 1. The van der Waals surface area contributed by atoms with Gasteiger partial charge in [-0.1, -0.05) is 44.2 Å². The second-order valence-electron chi connectivity index (χ2n) is 4.74. The Labute approximate surface area is 118 Å². The minimum atomic E-state index is -0.0704. The van der Waals surface area contributed by atoms with Crippen LogP contribution in [0, 0.1) is 0 Å². The molecule has 0 saturated carbocycles. The third-order valence-electron chi connectivity index (χ3n) is 2.82. The molecule has 3 nitrogen and oxygen atoms in total. The fourth-order valence-corrected chi connectivity index (χ4v) is 2.76. The van der Waals surface area contributed by atoms with Crippen LogP contribution in [-0.2, 0) is 11.3 Å². The van der Waals surface area contributed by atoms with Crippen molar-refractivity contribution in [2.45, 2.75) is 32.5 Å². The maximum absolute atomic E-state index is 5.59. The smallest absolute Gasteiger partial charge is 0.134 e. The third-order valence-corrected chi connectivity index (χ3v) is 3.76. The molecule has 1 aromatic heterocycles. The molecule has 2 rings (SSSR count). The maximum Gasteiger partial charge on any atom is 0.134 e. The predicted octanol–water partition coefficient (Wildman–Crippen LogP) is 3.38. The Kier molecular flexibility index (Phi) is 5.07. The Bertz CT molecular complexity index is 496. The first-order chi connectivity index (χ1) is 9.20. The van der Waals surface area contributed by atoms with Crippen molar-refractivity contribution in [3.05, 3.63) is 52.0 Å². The molecular formula is C15H20N2OS. The third kappa shape index (κ3) is 3.86. The zero-order valence-electron chi connectivity index (χ0n) is 11.6. The molecule has 0 aliphatic heterocycles. The summed E-state index contributed by atoms with van der Waals surface area (Å²) in [6.45, 7) is 5.07. The lowest BCUT2D eigenvalue weighted by atomic mass is 10.1. The first-order valence-corrected chi connectivity index (χ1v) is 7.34. The van der Waals surface area contributed by atoms with Crippen molar-refractivity contribution in [2.75, 3.05) is 7.11 Å². The normalized spacial score (nSPS) is 12.8. The zero-order chi connectivity index (χ0) is 13.7. The summed E-state index contributed by atoms with van der Waals surface area (Å²) < 4.78 is 5.59. The minimum Gasteiger partial charge on any atom is -0.370 e. The molecule has 0 fully saturated rings. The van der Waals surface area contributed by atoms with Crippen molar-refractivity contribution < 1.29 is 4.74 Å². The van der Waals surface area contributed by atoms with Crippen LogP contribution in [0.2, 0.25) is 0 Å². The molecule has 0 amide bonds. The van der Waals surface area contributed by atoms with Crippen molar-refractivity contribution in [2.24, 2.45) is 0 Å². The highest BCUT2D eigenvalue weighted by Gasteiger charge is 2.16. The van der Waals surface area contributed by atoms with Crippen molar-refractivity contribution in [3.8, 4) is 0 Å². The maximum atomic E-state index is 5.59. The van der Waals surface area contributed by atoms with E-state index in [4.69, 9.17) is 4.74 Å². The largest absolute Gasteiger partial charge is 0.370 e. The van der Waals surface area contributed by atoms with Gasteiger partial charge in [0.15, 0.2) is 0 Å². The van der Waals surface area contributed by atoms with Gasteiger partial charge in [0.2, 0.25) is 0 Å². The highest BCUT2D eigenvalue weighted by molar-refractivity contribution is 7.09. The molecular weight excluding hydrogens is 256 g/mol. The van der Waals surface area contributed by atoms with Crippen molar-refractivity contribution in [3.63, 3.8) is 0 Å². The Morgan fingerprint density at radius 3 is 2.63 bits per heavy atom. The van der Waals surface area contributed by atoms with Crippen LogP contribution >= 0.6 is 11.3 Å². The number of nitrogens with zero attached hydrogens (tertiary/aromatic N) is 1. The van der Waals surface area contributed by atoms with Crippen LogP contribution in [0.3, 0.4) is 0 Å². The predicted molar refractivity (Wildman–Crippen MR) is 79.4 cm³/mol. The van der Waals surface area contributed by atoms with Gasteiger partial charge in [-0.15, -0.1) is 11.3 Å². The molecule has 1 atom stereocenters. The second kappa shape index (κ2) is 6.80. The molecule has 0 bridgehead atoms. The number of methoxy groups -OCH3 is 1. The summed E-state index contributed by atoms with van der Waals surface area (Å²) in [5.74, 6) is 0. The van der Waals surface area contributed by atoms with E-state index in [0.717, 1.165) is 22.8 Å². The summed E-state index contributed by atoms with van der Waals surface area (Å²) in [6.07, 6.45) is -0.0704. The lowest BCUT2D eigenvalue weighted by Gasteiger charge is -2.12. The fourth-order valence-electron chi connectivity index (χ4n) is 1.84. The van der Waals surface area contributed by atoms with Crippen molar-refractivity contribution >= 4 is 11.3 Å². The van der Waals surface area contributed by atoms with Gasteiger partial charge in [-0.3, -0.25) is 0 Å². The molecule has 0 radical (unpaired) electrons. The van der Waals surface area contributed by atoms with E-state index in [1.807, 2.05) is 18.2 Å². The van der Waals surface area contributed by atoms with E-state index in [2.05, 4.69) is 41.7 Å². The van der Waals surface area contributed by atoms with Crippen LogP contribution in [0.25, 0.3) is 0 Å². The topological polar surface area (TPSA) is 34.1 Å². The highest BCUT2D eigenvalue weighted by atomic mass is 32.1. The van der Waals surface area contributed by atoms with Crippen LogP contribution in [0.1, 0.15) is 36.2 Å². The Morgan fingerprint density at radius 1 is 1.26 bits per heavy atom. The molecule has 0 aliphatic rings. The van der Waals surface area contributed by atoms with Crippen LogP contribution in [-0.4, -0.2) is 18.1 Å². The molecule has 0 spiro atoms. The van der Waals surface area contributed by atoms with Crippen molar-refractivity contribution in [1.82, 2.24) is 10.3 Å². The quantitative estimate of drug-likeness (QED) is 0.878. The van der Waals surface area contributed by atoms with Gasteiger partial charge in [-0.2, -0.15) is 0 Å². The van der Waals surface area contributed by atoms with Crippen LogP contribution in [0.4, 0.5) is 0 Å². The summed E-state index contributed by atoms with van der Waals surface area (Å²) in [4.78, 5) is 4.66. The number of ether oxygens (including phenoxy) is 1. The minimum absolute atomic E-state index is 0.0704. The molecule has 2 aromatic rings. The number of hydrogen-bond donors (Lipinski definition) is 1. The molecule has 1 unspecified atom stereocenters. The standard InChI is InChI=1S/C15H20N2OS/c1-11(2)16-9-13-10-19-15(17-13)14(18-3)12-7-5-4-6-8-12/h4-8,10-11,14,16H,9H2,1-3H3. The van der Waals surface area contributed by atoms with E-state index < -0.39 is 0 Å². The number of aromatic nitrogens is 1. The van der Waals surface area contributed by atoms with Gasteiger partial charge in [-0.25, -0.2) is 4.98 Å². The summed E-state index contributed by atoms with van der Waals surface area (Å²) in [6, 6.07) is 10.7. The number of nitrogens with one attached hydrogen (secondary N) is 1. The Hall–Kier alpha value is -1.23. The van der Waals surface area contributed by atoms with Gasteiger partial charge in [-0.05, 0) is 5.56 Å². The number of thiazole rings is 1.